The largest absolute Gasteiger partial charge is 0.300 e. The van der Waals surface area contributed by atoms with Crippen molar-refractivity contribution in [2.24, 2.45) is 11.3 Å². The molecular weight excluding hydrogens is 246 g/mol. The van der Waals surface area contributed by atoms with Crippen LogP contribution in [0.5, 0.6) is 0 Å². The average Bonchev–Trinajstić information content (AvgIpc) is 2.86. The Morgan fingerprint density at radius 1 is 1.35 bits per heavy atom. The molecule has 1 saturated heterocycles. The highest BCUT2D eigenvalue weighted by atomic mass is 15.2. The van der Waals surface area contributed by atoms with E-state index in [4.69, 9.17) is 0 Å². The molecule has 1 fully saturated rings. The molecule has 0 amide bonds. The van der Waals surface area contributed by atoms with Crippen molar-refractivity contribution in [3.05, 3.63) is 0 Å². The Morgan fingerprint density at radius 3 is 2.45 bits per heavy atom. The first kappa shape index (κ1) is 17.5. The van der Waals surface area contributed by atoms with Gasteiger partial charge in [0.1, 0.15) is 5.54 Å². The normalized spacial score (nSPS) is 25.1. The topological polar surface area (TPSA) is 39.1 Å². The molecule has 3 unspecified atom stereocenters. The fraction of sp³-hybridized carbons (Fsp3) is 0.941. The third-order valence-electron chi connectivity index (χ3n) is 4.78. The summed E-state index contributed by atoms with van der Waals surface area (Å²) in [7, 11) is 0. The van der Waals surface area contributed by atoms with Crippen LogP contribution in [-0.2, 0) is 0 Å². The van der Waals surface area contributed by atoms with Gasteiger partial charge in [-0.1, -0.05) is 27.7 Å². The lowest BCUT2D eigenvalue weighted by molar-refractivity contribution is 0.180. The second-order valence-corrected chi connectivity index (χ2v) is 7.77. The van der Waals surface area contributed by atoms with Crippen LogP contribution in [0.15, 0.2) is 0 Å². The summed E-state index contributed by atoms with van der Waals surface area (Å²) in [5.41, 5.74) is 0.00269. The van der Waals surface area contributed by atoms with Gasteiger partial charge in [-0.3, -0.25) is 5.32 Å². The molecule has 0 radical (unpaired) electrons. The third-order valence-corrected chi connectivity index (χ3v) is 4.78. The summed E-state index contributed by atoms with van der Waals surface area (Å²) in [6.45, 7) is 16.8. The van der Waals surface area contributed by atoms with E-state index in [2.05, 4.69) is 50.9 Å². The lowest BCUT2D eigenvalue weighted by Crippen LogP contribution is -2.47. The van der Waals surface area contributed by atoms with Crippen molar-refractivity contribution in [3.8, 4) is 6.07 Å². The first-order valence-electron chi connectivity index (χ1n) is 8.12. The molecule has 1 aliphatic heterocycles. The monoisotopic (exact) mass is 279 g/mol. The minimum absolute atomic E-state index is 0.394. The summed E-state index contributed by atoms with van der Waals surface area (Å²) < 4.78 is 0. The predicted octanol–water partition coefficient (Wildman–Crippen LogP) is 3.41. The zero-order chi connectivity index (χ0) is 15.4. The minimum Gasteiger partial charge on any atom is -0.300 e. The van der Waals surface area contributed by atoms with Gasteiger partial charge in [-0.25, -0.2) is 0 Å². The Morgan fingerprint density at radius 2 is 2.00 bits per heavy atom. The van der Waals surface area contributed by atoms with Gasteiger partial charge in [-0.05, 0) is 57.5 Å². The predicted molar refractivity (Wildman–Crippen MR) is 85.5 cm³/mol. The van der Waals surface area contributed by atoms with Crippen molar-refractivity contribution < 1.29 is 0 Å². The molecular formula is C17H33N3. The maximum atomic E-state index is 9.45. The van der Waals surface area contributed by atoms with E-state index < -0.39 is 5.54 Å². The highest BCUT2D eigenvalue weighted by molar-refractivity contribution is 5.05. The maximum absolute atomic E-state index is 9.45. The van der Waals surface area contributed by atoms with Crippen molar-refractivity contribution >= 4 is 0 Å². The Hall–Kier alpha value is -0.590. The number of hydrogen-bond acceptors (Lipinski definition) is 3. The van der Waals surface area contributed by atoms with Crippen molar-refractivity contribution in [1.29, 1.82) is 5.26 Å². The van der Waals surface area contributed by atoms with Crippen molar-refractivity contribution in [2.75, 3.05) is 19.6 Å². The van der Waals surface area contributed by atoms with Crippen LogP contribution in [0.2, 0.25) is 0 Å². The van der Waals surface area contributed by atoms with Crippen LogP contribution in [0.3, 0.4) is 0 Å². The molecule has 3 heteroatoms. The van der Waals surface area contributed by atoms with Crippen LogP contribution in [0, 0.1) is 22.7 Å². The SMILES string of the molecule is CCCNC(C)(C#N)CC(C)N1CCC(C(C)(C)C)C1. The number of likely N-dealkylation sites (tertiary alicyclic amines) is 1. The minimum atomic E-state index is -0.394. The molecule has 1 aliphatic rings. The summed E-state index contributed by atoms with van der Waals surface area (Å²) in [5, 5.41) is 12.9. The van der Waals surface area contributed by atoms with E-state index in [0.29, 0.717) is 11.5 Å². The maximum Gasteiger partial charge on any atom is 0.105 e. The van der Waals surface area contributed by atoms with Crippen LogP contribution >= 0.6 is 0 Å². The van der Waals surface area contributed by atoms with E-state index in [0.717, 1.165) is 25.3 Å². The second-order valence-electron chi connectivity index (χ2n) is 7.77. The van der Waals surface area contributed by atoms with E-state index in [1.165, 1.54) is 19.5 Å². The lowest BCUT2D eigenvalue weighted by atomic mass is 9.80. The van der Waals surface area contributed by atoms with Gasteiger partial charge >= 0.3 is 0 Å². The molecule has 0 aromatic carbocycles. The quantitative estimate of drug-likeness (QED) is 0.810. The molecule has 0 saturated carbocycles. The molecule has 3 nitrogen and oxygen atoms in total. The molecule has 20 heavy (non-hydrogen) atoms. The van der Waals surface area contributed by atoms with Gasteiger partial charge in [-0.2, -0.15) is 5.26 Å². The average molecular weight is 279 g/mol. The fourth-order valence-corrected chi connectivity index (χ4v) is 3.17. The Labute approximate surface area is 125 Å². The molecule has 116 valence electrons. The van der Waals surface area contributed by atoms with E-state index >= 15 is 0 Å². The molecule has 1 rings (SSSR count). The Balaban J connectivity index is 2.55. The number of nitrogens with one attached hydrogen (secondary N) is 1. The van der Waals surface area contributed by atoms with Crippen molar-refractivity contribution in [2.45, 2.75) is 72.4 Å². The molecule has 0 aromatic heterocycles. The van der Waals surface area contributed by atoms with E-state index in [-0.39, 0.29) is 0 Å². The van der Waals surface area contributed by atoms with E-state index in [1.807, 2.05) is 6.92 Å². The second kappa shape index (κ2) is 6.91. The van der Waals surface area contributed by atoms with Gasteiger partial charge in [0.15, 0.2) is 0 Å². The molecule has 3 atom stereocenters. The van der Waals surface area contributed by atoms with Crippen molar-refractivity contribution in [3.63, 3.8) is 0 Å². The zero-order valence-electron chi connectivity index (χ0n) is 14.3. The van der Waals surface area contributed by atoms with Gasteiger partial charge in [0.2, 0.25) is 0 Å². The van der Waals surface area contributed by atoms with Gasteiger partial charge in [-0.15, -0.1) is 0 Å². The van der Waals surface area contributed by atoms with Gasteiger partial charge in [0.05, 0.1) is 6.07 Å². The van der Waals surface area contributed by atoms with Crippen LogP contribution < -0.4 is 5.32 Å². The molecule has 0 spiro atoms. The smallest absolute Gasteiger partial charge is 0.105 e. The molecule has 1 heterocycles. The number of rotatable bonds is 6. The highest BCUT2D eigenvalue weighted by Crippen LogP contribution is 2.35. The summed E-state index contributed by atoms with van der Waals surface area (Å²) in [6.07, 6.45) is 3.27. The standard InChI is InChI=1S/C17H33N3/c1-7-9-19-17(6,13-18)11-14(2)20-10-8-15(12-20)16(3,4)5/h14-15,19H,7-12H2,1-6H3. The van der Waals surface area contributed by atoms with E-state index in [9.17, 15) is 5.26 Å². The lowest BCUT2D eigenvalue weighted by Gasteiger charge is -2.33. The number of nitrogens with zero attached hydrogens (tertiary/aromatic N) is 2. The van der Waals surface area contributed by atoms with Crippen LogP contribution in [-0.4, -0.2) is 36.1 Å². The number of nitriles is 1. The van der Waals surface area contributed by atoms with E-state index in [1.54, 1.807) is 0 Å². The molecule has 0 aromatic rings. The summed E-state index contributed by atoms with van der Waals surface area (Å²) in [4.78, 5) is 2.57. The van der Waals surface area contributed by atoms with Gasteiger partial charge in [0, 0.05) is 12.6 Å². The van der Waals surface area contributed by atoms with Crippen molar-refractivity contribution in [1.82, 2.24) is 10.2 Å². The molecule has 0 aliphatic carbocycles. The summed E-state index contributed by atoms with van der Waals surface area (Å²) >= 11 is 0. The van der Waals surface area contributed by atoms with Crippen LogP contribution in [0.1, 0.15) is 60.8 Å². The summed E-state index contributed by atoms with van der Waals surface area (Å²) in [5.74, 6) is 0.780. The van der Waals surface area contributed by atoms with Crippen LogP contribution in [0.25, 0.3) is 0 Å². The van der Waals surface area contributed by atoms with Crippen LogP contribution in [0.4, 0.5) is 0 Å². The third kappa shape index (κ3) is 4.75. The van der Waals surface area contributed by atoms with Gasteiger partial charge in [0.25, 0.3) is 0 Å². The molecule has 1 N–H and O–H groups in total. The zero-order valence-corrected chi connectivity index (χ0v) is 14.3. The first-order valence-corrected chi connectivity index (χ1v) is 8.12. The molecule has 0 bridgehead atoms. The Bertz CT molecular complexity index is 339. The first-order chi connectivity index (χ1) is 9.22. The number of hydrogen-bond donors (Lipinski definition) is 1. The summed E-state index contributed by atoms with van der Waals surface area (Å²) in [6, 6.07) is 2.94. The van der Waals surface area contributed by atoms with Gasteiger partial charge < -0.3 is 4.90 Å². The Kier molecular flexibility index (Phi) is 6.04. The fourth-order valence-electron chi connectivity index (χ4n) is 3.17. The highest BCUT2D eigenvalue weighted by Gasteiger charge is 2.35.